The van der Waals surface area contributed by atoms with Gasteiger partial charge in [-0.3, -0.25) is 13.8 Å². The second-order valence-corrected chi connectivity index (χ2v) is 20.5. The summed E-state index contributed by atoms with van der Waals surface area (Å²) in [6.45, 7) is 27.3. The molecule has 0 amide bonds. The molecule has 0 radical (unpaired) electrons. The SMILES string of the molecule is CC(C)OP(=O)(Oc1cc(C(=O)O)cc(CC(=O)OC(C)(C)C)c1C(C)(C)CCO[Si](C)(C)C(C)(C)C)OC(C)C. The predicted octanol–water partition coefficient (Wildman–Crippen LogP) is 8.30. The molecule has 0 bridgehead atoms. The van der Waals surface area contributed by atoms with Crippen molar-refractivity contribution in [2.45, 2.75) is 137 Å². The van der Waals surface area contributed by atoms with Crippen LogP contribution in [0.4, 0.5) is 0 Å². The number of carbonyl (C=O) groups excluding carboxylic acids is 1. The van der Waals surface area contributed by atoms with Crippen molar-refractivity contribution in [3.05, 3.63) is 28.8 Å². The number of benzene rings is 1. The van der Waals surface area contributed by atoms with Gasteiger partial charge in [0.25, 0.3) is 0 Å². The molecular formula is C30H53O9PSi. The van der Waals surface area contributed by atoms with Crippen molar-refractivity contribution in [2.75, 3.05) is 6.61 Å². The van der Waals surface area contributed by atoms with Crippen molar-refractivity contribution in [3.8, 4) is 5.75 Å². The van der Waals surface area contributed by atoms with Gasteiger partial charge in [0.15, 0.2) is 8.32 Å². The molecule has 1 aromatic carbocycles. The maximum Gasteiger partial charge on any atom is 0.530 e. The molecule has 1 rings (SSSR count). The quantitative estimate of drug-likeness (QED) is 0.125. The van der Waals surface area contributed by atoms with E-state index < -0.39 is 51.3 Å². The number of carboxylic acid groups (broad SMARTS) is 1. The summed E-state index contributed by atoms with van der Waals surface area (Å²) < 4.78 is 43.1. The van der Waals surface area contributed by atoms with E-state index in [1.165, 1.54) is 12.1 Å². The number of ether oxygens (including phenoxy) is 1. The fourth-order valence-electron chi connectivity index (χ4n) is 3.92. The summed E-state index contributed by atoms with van der Waals surface area (Å²) in [5.74, 6) is -1.73. The monoisotopic (exact) mass is 616 g/mol. The number of hydrogen-bond donors (Lipinski definition) is 1. The largest absolute Gasteiger partial charge is 0.530 e. The molecule has 0 aliphatic heterocycles. The summed E-state index contributed by atoms with van der Waals surface area (Å²) in [6.07, 6.45) is -0.697. The highest BCUT2D eigenvalue weighted by Crippen LogP contribution is 2.54. The van der Waals surface area contributed by atoms with Crippen molar-refractivity contribution in [1.29, 1.82) is 0 Å². The normalized spacial score (nSPS) is 13.6. The zero-order valence-electron chi connectivity index (χ0n) is 27.6. The third-order valence-electron chi connectivity index (χ3n) is 6.75. The first-order valence-electron chi connectivity index (χ1n) is 14.2. The van der Waals surface area contributed by atoms with Gasteiger partial charge in [-0.2, -0.15) is 0 Å². The summed E-state index contributed by atoms with van der Waals surface area (Å²) in [5.41, 5.74) is -0.651. The number of phosphoric ester groups is 1. The Hall–Kier alpha value is -1.71. The molecular weight excluding hydrogens is 563 g/mol. The number of carboxylic acids is 1. The molecule has 0 saturated heterocycles. The standard InChI is InChI=1S/C30H53O9PSi/c1-20(2)37-40(34,38-21(3)4)39-24-18-23(27(32)33)17-22(19-25(31)36-28(5,6)7)26(24)30(11,12)15-16-35-41(13,14)29(8,9)10/h17-18,20-21H,15-16,19H2,1-14H3,(H,32,33). The van der Waals surface area contributed by atoms with Crippen molar-refractivity contribution in [2.24, 2.45) is 0 Å². The molecule has 0 fully saturated rings. The molecule has 11 heteroatoms. The highest BCUT2D eigenvalue weighted by atomic mass is 31.2. The summed E-state index contributed by atoms with van der Waals surface area (Å²) in [4.78, 5) is 25.2. The van der Waals surface area contributed by atoms with E-state index in [9.17, 15) is 19.3 Å². The molecule has 9 nitrogen and oxygen atoms in total. The fourth-order valence-corrected chi connectivity index (χ4v) is 6.52. The highest BCUT2D eigenvalue weighted by Gasteiger charge is 2.40. The van der Waals surface area contributed by atoms with Crippen LogP contribution in [0.15, 0.2) is 12.1 Å². The number of hydrogen-bond acceptors (Lipinski definition) is 8. The van der Waals surface area contributed by atoms with Crippen LogP contribution in [0.2, 0.25) is 18.1 Å². The van der Waals surface area contributed by atoms with Gasteiger partial charge in [-0.25, -0.2) is 9.36 Å². The van der Waals surface area contributed by atoms with Crippen molar-refractivity contribution in [3.63, 3.8) is 0 Å². The van der Waals surface area contributed by atoms with Gasteiger partial charge < -0.3 is 18.8 Å². The minimum absolute atomic E-state index is 0.0189. The molecule has 0 spiro atoms. The number of phosphoric acid groups is 1. The average molecular weight is 617 g/mol. The van der Waals surface area contributed by atoms with Gasteiger partial charge in [-0.1, -0.05) is 34.6 Å². The fraction of sp³-hybridized carbons (Fsp3) is 0.733. The zero-order valence-corrected chi connectivity index (χ0v) is 29.5. The smallest absolute Gasteiger partial charge is 0.478 e. The van der Waals surface area contributed by atoms with E-state index in [2.05, 4.69) is 33.9 Å². The minimum Gasteiger partial charge on any atom is -0.478 e. The Morgan fingerprint density at radius 3 is 1.85 bits per heavy atom. The Bertz CT molecular complexity index is 1100. The van der Waals surface area contributed by atoms with E-state index in [1.807, 2.05) is 13.8 Å². The Kier molecular flexibility index (Phi) is 12.5. The number of aromatic carboxylic acids is 1. The Balaban J connectivity index is 3.80. The molecule has 236 valence electrons. The Labute approximate surface area is 248 Å². The minimum atomic E-state index is -4.20. The second kappa shape index (κ2) is 13.7. The van der Waals surface area contributed by atoms with Gasteiger partial charge in [-0.05, 0) is 96.1 Å². The van der Waals surface area contributed by atoms with Gasteiger partial charge in [0.1, 0.15) is 11.4 Å². The molecule has 41 heavy (non-hydrogen) atoms. The van der Waals surface area contributed by atoms with Crippen LogP contribution in [-0.2, 0) is 39.4 Å². The van der Waals surface area contributed by atoms with E-state index in [1.54, 1.807) is 48.5 Å². The van der Waals surface area contributed by atoms with Gasteiger partial charge in [0, 0.05) is 12.2 Å². The van der Waals surface area contributed by atoms with Crippen molar-refractivity contribution < 1.29 is 42.0 Å². The Morgan fingerprint density at radius 2 is 1.44 bits per heavy atom. The third-order valence-corrected chi connectivity index (χ3v) is 13.1. The van der Waals surface area contributed by atoms with Gasteiger partial charge in [0.05, 0.1) is 24.2 Å². The highest BCUT2D eigenvalue weighted by molar-refractivity contribution is 7.49. The summed E-state index contributed by atoms with van der Waals surface area (Å²) in [5, 5.41) is 9.94. The van der Waals surface area contributed by atoms with Crippen LogP contribution in [0.5, 0.6) is 5.75 Å². The lowest BCUT2D eigenvalue weighted by molar-refractivity contribution is -0.153. The maximum absolute atomic E-state index is 13.8. The van der Waals surface area contributed by atoms with Crippen LogP contribution in [0, 0.1) is 0 Å². The van der Waals surface area contributed by atoms with Gasteiger partial charge in [-0.15, -0.1) is 0 Å². The maximum atomic E-state index is 13.8. The summed E-state index contributed by atoms with van der Waals surface area (Å²) in [7, 11) is -6.25. The van der Waals surface area contributed by atoms with E-state index in [0.717, 1.165) is 0 Å². The first-order chi connectivity index (χ1) is 18.3. The molecule has 0 saturated carbocycles. The van der Waals surface area contributed by atoms with Crippen LogP contribution in [0.1, 0.15) is 111 Å². The van der Waals surface area contributed by atoms with E-state index in [4.69, 9.17) is 22.7 Å². The van der Waals surface area contributed by atoms with Crippen LogP contribution < -0.4 is 4.52 Å². The molecule has 0 heterocycles. The number of rotatable bonds is 14. The lowest BCUT2D eigenvalue weighted by Crippen LogP contribution is -2.41. The first kappa shape index (κ1) is 37.3. The van der Waals surface area contributed by atoms with Gasteiger partial charge in [0.2, 0.25) is 0 Å². The molecule has 1 N–H and O–H groups in total. The van der Waals surface area contributed by atoms with Crippen LogP contribution in [0.3, 0.4) is 0 Å². The Morgan fingerprint density at radius 1 is 0.927 bits per heavy atom. The topological polar surface area (TPSA) is 118 Å². The molecule has 0 unspecified atom stereocenters. The van der Waals surface area contributed by atoms with Crippen LogP contribution in [-0.4, -0.2) is 49.8 Å². The average Bonchev–Trinajstić information content (AvgIpc) is 2.68. The molecule has 0 aliphatic rings. The van der Waals surface area contributed by atoms with E-state index in [-0.39, 0.29) is 22.8 Å². The second-order valence-electron chi connectivity index (χ2n) is 14.2. The third kappa shape index (κ3) is 11.8. The van der Waals surface area contributed by atoms with Crippen molar-refractivity contribution in [1.82, 2.24) is 0 Å². The summed E-state index contributed by atoms with van der Waals surface area (Å²) >= 11 is 0. The lowest BCUT2D eigenvalue weighted by atomic mass is 9.77. The zero-order chi connectivity index (χ0) is 32.2. The van der Waals surface area contributed by atoms with Gasteiger partial charge >= 0.3 is 19.8 Å². The van der Waals surface area contributed by atoms with E-state index >= 15 is 0 Å². The molecule has 0 aliphatic carbocycles. The number of esters is 1. The lowest BCUT2D eigenvalue weighted by Gasteiger charge is -2.38. The van der Waals surface area contributed by atoms with Crippen LogP contribution >= 0.6 is 7.82 Å². The van der Waals surface area contributed by atoms with Crippen molar-refractivity contribution >= 4 is 28.1 Å². The first-order valence-corrected chi connectivity index (χ1v) is 18.6. The summed E-state index contributed by atoms with van der Waals surface area (Å²) in [6, 6.07) is 2.76. The molecule has 1 aromatic rings. The van der Waals surface area contributed by atoms with E-state index in [0.29, 0.717) is 24.2 Å². The predicted molar refractivity (Wildman–Crippen MR) is 164 cm³/mol. The molecule has 0 atom stereocenters. The molecule has 0 aromatic heterocycles. The van der Waals surface area contributed by atoms with Crippen LogP contribution in [0.25, 0.3) is 0 Å². The number of carbonyl (C=O) groups is 2.